The largest absolute Gasteiger partial charge is 0.433 e. The lowest BCUT2D eigenvalue weighted by Gasteiger charge is -2.25. The minimum absolute atomic E-state index is 0.191. The molecule has 0 radical (unpaired) electrons. The van der Waals surface area contributed by atoms with Crippen LogP contribution in [0.2, 0.25) is 0 Å². The van der Waals surface area contributed by atoms with Crippen LogP contribution in [0.5, 0.6) is 0 Å². The molecule has 9 heteroatoms. The highest BCUT2D eigenvalue weighted by molar-refractivity contribution is 5.40. The van der Waals surface area contributed by atoms with Gasteiger partial charge in [0.05, 0.1) is 6.54 Å². The first-order chi connectivity index (χ1) is 13.0. The third-order valence-electron chi connectivity index (χ3n) is 5.62. The number of fused-ring (bicyclic) bond motifs is 2. The van der Waals surface area contributed by atoms with E-state index in [9.17, 15) is 13.2 Å². The van der Waals surface area contributed by atoms with Gasteiger partial charge < -0.3 is 4.90 Å². The van der Waals surface area contributed by atoms with Gasteiger partial charge >= 0.3 is 6.18 Å². The molecule has 27 heavy (non-hydrogen) atoms. The standard InChI is InChI=1S/C18H21F3N6/c19-18(20,21)15-12-3-1-2-4-13(12)22-17(24-15)26-8-7-14-23-16(11-5-6-11)25-27(14)10-9-26/h11H,1-10H2. The van der Waals surface area contributed by atoms with Gasteiger partial charge in [0.25, 0.3) is 0 Å². The zero-order chi connectivity index (χ0) is 18.6. The fraction of sp³-hybridized carbons (Fsp3) is 0.667. The van der Waals surface area contributed by atoms with Crippen LogP contribution in [-0.2, 0) is 32.0 Å². The average molecular weight is 378 g/mol. The molecule has 5 rings (SSSR count). The summed E-state index contributed by atoms with van der Waals surface area (Å²) in [6.07, 6.45) is 1.14. The van der Waals surface area contributed by atoms with E-state index in [0.717, 1.165) is 37.3 Å². The first kappa shape index (κ1) is 16.9. The molecule has 1 aliphatic heterocycles. The summed E-state index contributed by atoms with van der Waals surface area (Å²) in [7, 11) is 0. The van der Waals surface area contributed by atoms with Crippen LogP contribution in [0.1, 0.15) is 60.2 Å². The van der Waals surface area contributed by atoms with Crippen LogP contribution in [-0.4, -0.2) is 37.8 Å². The van der Waals surface area contributed by atoms with Crippen molar-refractivity contribution in [2.75, 3.05) is 18.0 Å². The molecule has 0 amide bonds. The number of hydrogen-bond acceptors (Lipinski definition) is 5. The van der Waals surface area contributed by atoms with Gasteiger partial charge in [-0.05, 0) is 38.5 Å². The molecule has 0 unspecified atom stereocenters. The van der Waals surface area contributed by atoms with Crippen molar-refractivity contribution in [2.24, 2.45) is 0 Å². The molecule has 0 saturated heterocycles. The molecule has 2 aromatic rings. The lowest BCUT2D eigenvalue weighted by molar-refractivity contribution is -0.142. The Morgan fingerprint density at radius 2 is 1.70 bits per heavy atom. The molecular weight excluding hydrogens is 357 g/mol. The second-order valence-electron chi connectivity index (χ2n) is 7.62. The molecule has 144 valence electrons. The fourth-order valence-electron chi connectivity index (χ4n) is 3.99. The fourth-order valence-corrected chi connectivity index (χ4v) is 3.99. The van der Waals surface area contributed by atoms with Crippen molar-refractivity contribution in [3.05, 3.63) is 28.6 Å². The molecule has 3 aliphatic rings. The van der Waals surface area contributed by atoms with Gasteiger partial charge in [0.15, 0.2) is 11.5 Å². The molecule has 3 heterocycles. The monoisotopic (exact) mass is 378 g/mol. The van der Waals surface area contributed by atoms with E-state index in [0.29, 0.717) is 50.5 Å². The van der Waals surface area contributed by atoms with E-state index >= 15 is 0 Å². The third kappa shape index (κ3) is 3.17. The highest BCUT2D eigenvalue weighted by atomic mass is 19.4. The van der Waals surface area contributed by atoms with E-state index in [1.165, 1.54) is 0 Å². The normalized spacial score (nSPS) is 20.2. The number of aryl methyl sites for hydroxylation is 1. The molecule has 1 fully saturated rings. The summed E-state index contributed by atoms with van der Waals surface area (Å²) in [4.78, 5) is 15.0. The number of alkyl halides is 3. The summed E-state index contributed by atoms with van der Waals surface area (Å²) < 4.78 is 42.6. The summed E-state index contributed by atoms with van der Waals surface area (Å²) >= 11 is 0. The average Bonchev–Trinajstić information content (AvgIpc) is 3.44. The van der Waals surface area contributed by atoms with Crippen LogP contribution in [0.4, 0.5) is 19.1 Å². The Morgan fingerprint density at radius 3 is 2.48 bits per heavy atom. The van der Waals surface area contributed by atoms with Crippen LogP contribution >= 0.6 is 0 Å². The summed E-state index contributed by atoms with van der Waals surface area (Å²) in [5.74, 6) is 2.52. The zero-order valence-corrected chi connectivity index (χ0v) is 15.0. The molecule has 0 atom stereocenters. The van der Waals surface area contributed by atoms with E-state index in [-0.39, 0.29) is 11.5 Å². The maximum absolute atomic E-state index is 13.6. The van der Waals surface area contributed by atoms with Crippen molar-refractivity contribution in [2.45, 2.75) is 63.6 Å². The van der Waals surface area contributed by atoms with Crippen molar-refractivity contribution < 1.29 is 13.2 Å². The summed E-state index contributed by atoms with van der Waals surface area (Å²) in [6, 6.07) is 0. The molecule has 1 saturated carbocycles. The van der Waals surface area contributed by atoms with Crippen LogP contribution < -0.4 is 4.90 Å². The molecule has 0 spiro atoms. The van der Waals surface area contributed by atoms with Crippen molar-refractivity contribution in [3.8, 4) is 0 Å². The maximum atomic E-state index is 13.6. The van der Waals surface area contributed by atoms with Crippen LogP contribution in [0.3, 0.4) is 0 Å². The molecule has 0 aromatic carbocycles. The Kier molecular flexibility index (Phi) is 3.87. The summed E-state index contributed by atoms with van der Waals surface area (Å²) in [6.45, 7) is 1.69. The van der Waals surface area contributed by atoms with Gasteiger partial charge in [0.1, 0.15) is 5.82 Å². The van der Waals surface area contributed by atoms with Gasteiger partial charge in [0.2, 0.25) is 5.95 Å². The third-order valence-corrected chi connectivity index (χ3v) is 5.62. The summed E-state index contributed by atoms with van der Waals surface area (Å²) in [5.41, 5.74) is 0.101. The first-order valence-corrected chi connectivity index (χ1v) is 9.64. The first-order valence-electron chi connectivity index (χ1n) is 9.64. The highest BCUT2D eigenvalue weighted by Gasteiger charge is 2.38. The maximum Gasteiger partial charge on any atom is 0.433 e. The van der Waals surface area contributed by atoms with E-state index in [2.05, 4.69) is 20.1 Å². The minimum Gasteiger partial charge on any atom is -0.338 e. The van der Waals surface area contributed by atoms with Gasteiger partial charge in [-0.25, -0.2) is 19.6 Å². The van der Waals surface area contributed by atoms with Crippen LogP contribution in [0.15, 0.2) is 0 Å². The SMILES string of the molecule is FC(F)(F)c1nc(N2CCc3nc(C4CC4)nn3CC2)nc2c1CCCC2. The number of nitrogens with zero attached hydrogens (tertiary/aromatic N) is 6. The van der Waals surface area contributed by atoms with Crippen molar-refractivity contribution in [1.29, 1.82) is 0 Å². The van der Waals surface area contributed by atoms with Gasteiger partial charge in [-0.2, -0.15) is 18.3 Å². The van der Waals surface area contributed by atoms with E-state index in [1.54, 1.807) is 0 Å². The topological polar surface area (TPSA) is 59.7 Å². The number of aromatic nitrogens is 5. The van der Waals surface area contributed by atoms with Crippen LogP contribution in [0, 0.1) is 0 Å². The predicted molar refractivity (Wildman–Crippen MR) is 91.6 cm³/mol. The number of hydrogen-bond donors (Lipinski definition) is 0. The predicted octanol–water partition coefficient (Wildman–Crippen LogP) is 2.91. The summed E-state index contributed by atoms with van der Waals surface area (Å²) in [5, 5.41) is 4.59. The van der Waals surface area contributed by atoms with Crippen molar-refractivity contribution >= 4 is 5.95 Å². The van der Waals surface area contributed by atoms with E-state index in [1.807, 2.05) is 9.58 Å². The molecule has 2 aliphatic carbocycles. The Hall–Kier alpha value is -2.19. The van der Waals surface area contributed by atoms with E-state index < -0.39 is 11.9 Å². The molecule has 2 aromatic heterocycles. The van der Waals surface area contributed by atoms with Gasteiger partial charge in [-0.1, -0.05) is 0 Å². The molecular formula is C18H21F3N6. The van der Waals surface area contributed by atoms with Crippen LogP contribution in [0.25, 0.3) is 0 Å². The second-order valence-corrected chi connectivity index (χ2v) is 7.62. The Labute approximate surface area is 154 Å². The molecule has 0 N–H and O–H groups in total. The lowest BCUT2D eigenvalue weighted by atomic mass is 9.94. The highest BCUT2D eigenvalue weighted by Crippen LogP contribution is 2.38. The number of anilines is 1. The van der Waals surface area contributed by atoms with E-state index in [4.69, 9.17) is 0 Å². The smallest absolute Gasteiger partial charge is 0.338 e. The number of halogens is 3. The van der Waals surface area contributed by atoms with Gasteiger partial charge in [-0.3, -0.25) is 0 Å². The molecule has 6 nitrogen and oxygen atoms in total. The van der Waals surface area contributed by atoms with Gasteiger partial charge in [-0.15, -0.1) is 0 Å². The Balaban J connectivity index is 1.43. The van der Waals surface area contributed by atoms with Crippen molar-refractivity contribution in [3.63, 3.8) is 0 Å². The number of rotatable bonds is 2. The van der Waals surface area contributed by atoms with Gasteiger partial charge in [0, 0.05) is 36.7 Å². The minimum atomic E-state index is -4.45. The second kappa shape index (κ2) is 6.17. The lowest BCUT2D eigenvalue weighted by Crippen LogP contribution is -2.31. The zero-order valence-electron chi connectivity index (χ0n) is 15.0. The molecule has 0 bridgehead atoms. The Morgan fingerprint density at radius 1 is 0.889 bits per heavy atom. The van der Waals surface area contributed by atoms with Crippen molar-refractivity contribution in [1.82, 2.24) is 24.7 Å². The Bertz CT molecular complexity index is 845. The quantitative estimate of drug-likeness (QED) is 0.804.